The molecule has 0 aliphatic heterocycles. The molecule has 0 spiro atoms. The quantitative estimate of drug-likeness (QED) is 0.154. The number of hydrogen-bond acceptors (Lipinski definition) is 3. The van der Waals surface area contributed by atoms with Gasteiger partial charge in [-0.3, -0.25) is 0 Å². The van der Waals surface area contributed by atoms with Gasteiger partial charge in [0.15, 0.2) is 0 Å². The van der Waals surface area contributed by atoms with Crippen molar-refractivity contribution in [2.75, 3.05) is 4.90 Å². The van der Waals surface area contributed by atoms with Crippen molar-refractivity contribution in [2.45, 2.75) is 0 Å². The zero-order chi connectivity index (χ0) is 42.8. The third-order valence-corrected chi connectivity index (χ3v) is 15.4. The lowest BCUT2D eigenvalue weighted by atomic mass is 9.94. The Kier molecular flexibility index (Phi) is 8.97. The van der Waals surface area contributed by atoms with Crippen LogP contribution in [0.4, 0.5) is 17.1 Å². The van der Waals surface area contributed by atoms with Crippen LogP contribution in [0.2, 0.25) is 0 Å². The van der Waals surface area contributed by atoms with E-state index in [1.807, 2.05) is 22.7 Å². The highest BCUT2D eigenvalue weighted by molar-refractivity contribution is 7.26. The Labute approximate surface area is 385 Å². The van der Waals surface area contributed by atoms with Crippen molar-refractivity contribution in [2.24, 2.45) is 0 Å². The van der Waals surface area contributed by atoms with Gasteiger partial charge in [0.1, 0.15) is 0 Å². The summed E-state index contributed by atoms with van der Waals surface area (Å²) in [5.41, 5.74) is 13.2. The molecule has 0 amide bonds. The Hall–Kier alpha value is -7.82. The second-order valence-corrected chi connectivity index (χ2v) is 18.9. The van der Waals surface area contributed by atoms with Crippen LogP contribution in [0.15, 0.2) is 237 Å². The van der Waals surface area contributed by atoms with Crippen molar-refractivity contribution >= 4 is 102 Å². The molecular weight excluding hydrogens is 823 g/mol. The molecule has 0 fully saturated rings. The normalized spacial score (nSPS) is 11.7. The first kappa shape index (κ1) is 37.7. The highest BCUT2D eigenvalue weighted by Gasteiger charge is 2.20. The van der Waals surface area contributed by atoms with E-state index in [0.717, 1.165) is 11.4 Å². The first-order valence-electron chi connectivity index (χ1n) is 22.1. The van der Waals surface area contributed by atoms with E-state index in [2.05, 4.69) is 241 Å². The lowest BCUT2D eigenvalue weighted by Crippen LogP contribution is -2.10. The van der Waals surface area contributed by atoms with Crippen LogP contribution in [0.3, 0.4) is 0 Å². The zero-order valence-corrected chi connectivity index (χ0v) is 36.9. The molecule has 13 aromatic rings. The summed E-state index contributed by atoms with van der Waals surface area (Å²) in [5.74, 6) is 0. The minimum Gasteiger partial charge on any atom is -0.309 e. The van der Waals surface area contributed by atoms with Crippen molar-refractivity contribution in [3.8, 4) is 44.5 Å². The van der Waals surface area contributed by atoms with E-state index in [-0.39, 0.29) is 0 Å². The topological polar surface area (TPSA) is 3.24 Å². The summed E-state index contributed by atoms with van der Waals surface area (Å²) in [7, 11) is 0. The highest BCUT2D eigenvalue weighted by atomic mass is 32.1. The molecular formula is C62H39NS2. The molecule has 0 bridgehead atoms. The SMILES string of the molecule is c1ccc2c(-c3ccc(-c4cccc5sc6c(N(c7ccc(-c8ccc9c(c8)sc8ccccc89)cc7)c7ccc(-c8cccc9ccccc89)cc7)cccc6c45)cc3)cccc2c1. The highest BCUT2D eigenvalue weighted by Crippen LogP contribution is 2.48. The molecule has 0 aliphatic carbocycles. The number of anilines is 3. The van der Waals surface area contributed by atoms with Gasteiger partial charge in [0, 0.05) is 47.0 Å². The van der Waals surface area contributed by atoms with Crippen molar-refractivity contribution < 1.29 is 0 Å². The van der Waals surface area contributed by atoms with Gasteiger partial charge in [-0.05, 0) is 115 Å². The van der Waals surface area contributed by atoms with Crippen LogP contribution in [0.5, 0.6) is 0 Å². The summed E-state index contributed by atoms with van der Waals surface area (Å²) >= 11 is 3.75. The zero-order valence-electron chi connectivity index (χ0n) is 35.3. The Balaban J connectivity index is 0.929. The molecule has 0 aliphatic rings. The number of thiophene rings is 2. The van der Waals surface area contributed by atoms with E-state index < -0.39 is 0 Å². The molecule has 0 radical (unpaired) electrons. The average molecular weight is 862 g/mol. The molecule has 0 N–H and O–H groups in total. The van der Waals surface area contributed by atoms with Gasteiger partial charge in [-0.25, -0.2) is 0 Å². The fourth-order valence-electron chi connectivity index (χ4n) is 9.96. The first-order valence-corrected chi connectivity index (χ1v) is 23.8. The van der Waals surface area contributed by atoms with Crippen LogP contribution >= 0.6 is 22.7 Å². The average Bonchev–Trinajstić information content (AvgIpc) is 3.95. The Morgan fingerprint density at radius 3 is 1.42 bits per heavy atom. The summed E-state index contributed by atoms with van der Waals surface area (Å²) in [5, 5.41) is 10.3. The third-order valence-electron chi connectivity index (χ3n) is 13.1. The van der Waals surface area contributed by atoms with Gasteiger partial charge in [-0.15, -0.1) is 22.7 Å². The Morgan fingerprint density at radius 1 is 0.277 bits per heavy atom. The maximum absolute atomic E-state index is 2.45. The van der Waals surface area contributed by atoms with Gasteiger partial charge in [0.25, 0.3) is 0 Å². The largest absolute Gasteiger partial charge is 0.309 e. The van der Waals surface area contributed by atoms with Crippen LogP contribution in [0.1, 0.15) is 0 Å². The molecule has 304 valence electrons. The summed E-state index contributed by atoms with van der Waals surface area (Å²) in [4.78, 5) is 2.45. The molecule has 1 nitrogen and oxygen atoms in total. The summed E-state index contributed by atoms with van der Waals surface area (Å²) < 4.78 is 5.19. The van der Waals surface area contributed by atoms with Crippen molar-refractivity contribution in [3.05, 3.63) is 237 Å². The number of benzene rings is 11. The lowest BCUT2D eigenvalue weighted by Gasteiger charge is -2.26. The second-order valence-electron chi connectivity index (χ2n) is 16.8. The molecule has 0 saturated carbocycles. The Morgan fingerprint density at radius 2 is 0.738 bits per heavy atom. The van der Waals surface area contributed by atoms with Gasteiger partial charge in [0.05, 0.1) is 10.4 Å². The number of nitrogens with zero attached hydrogens (tertiary/aromatic N) is 1. The van der Waals surface area contributed by atoms with E-state index in [1.54, 1.807) is 0 Å². The number of rotatable bonds is 7. The molecule has 0 unspecified atom stereocenters. The van der Waals surface area contributed by atoms with E-state index in [1.165, 1.54) is 112 Å². The molecule has 11 aromatic carbocycles. The summed E-state index contributed by atoms with van der Waals surface area (Å²) in [6, 6.07) is 87.1. The Bertz CT molecular complexity index is 3920. The van der Waals surface area contributed by atoms with Gasteiger partial charge < -0.3 is 4.90 Å². The van der Waals surface area contributed by atoms with Crippen LogP contribution in [0, 0.1) is 0 Å². The molecule has 2 aromatic heterocycles. The molecule has 0 atom stereocenters. The van der Waals surface area contributed by atoms with Crippen LogP contribution in [-0.2, 0) is 0 Å². The van der Waals surface area contributed by atoms with Gasteiger partial charge in [-0.1, -0.05) is 188 Å². The van der Waals surface area contributed by atoms with Gasteiger partial charge in [-0.2, -0.15) is 0 Å². The second kappa shape index (κ2) is 15.5. The maximum Gasteiger partial charge on any atom is 0.0640 e. The predicted molar refractivity (Wildman–Crippen MR) is 284 cm³/mol. The molecule has 0 saturated heterocycles. The van der Waals surface area contributed by atoms with Gasteiger partial charge in [0.2, 0.25) is 0 Å². The lowest BCUT2D eigenvalue weighted by molar-refractivity contribution is 1.30. The van der Waals surface area contributed by atoms with E-state index >= 15 is 0 Å². The predicted octanol–water partition coefficient (Wildman–Crippen LogP) is 18.9. The first-order chi connectivity index (χ1) is 32.2. The van der Waals surface area contributed by atoms with Crippen molar-refractivity contribution in [3.63, 3.8) is 0 Å². The van der Waals surface area contributed by atoms with Crippen molar-refractivity contribution in [1.29, 1.82) is 0 Å². The van der Waals surface area contributed by atoms with Crippen LogP contribution < -0.4 is 4.90 Å². The standard InChI is InChI=1S/C62H39NS2/c1-3-15-49-41(11-1)13-7-18-51(49)43-25-27-45(28-26-43)53-20-10-24-59-61(53)56-21-9-22-57(62(56)65-59)63(48-36-31-44(32-37-48)52-19-8-14-42-12-2-4-16-50(42)52)47-34-29-40(30-35-47)46-33-38-55-54-17-5-6-23-58(54)64-60(55)39-46/h1-39H. The van der Waals surface area contributed by atoms with Crippen LogP contribution in [-0.4, -0.2) is 0 Å². The summed E-state index contributed by atoms with van der Waals surface area (Å²) in [6.07, 6.45) is 0. The van der Waals surface area contributed by atoms with E-state index in [0.29, 0.717) is 0 Å². The smallest absolute Gasteiger partial charge is 0.0640 e. The van der Waals surface area contributed by atoms with Crippen LogP contribution in [0.25, 0.3) is 106 Å². The van der Waals surface area contributed by atoms with Gasteiger partial charge >= 0.3 is 0 Å². The molecule has 13 rings (SSSR count). The molecule has 2 heterocycles. The monoisotopic (exact) mass is 861 g/mol. The molecule has 3 heteroatoms. The minimum absolute atomic E-state index is 1.11. The minimum atomic E-state index is 1.11. The maximum atomic E-state index is 2.45. The summed E-state index contributed by atoms with van der Waals surface area (Å²) in [6.45, 7) is 0. The molecule has 65 heavy (non-hydrogen) atoms. The third kappa shape index (κ3) is 6.43. The number of fused-ring (bicyclic) bond motifs is 8. The fourth-order valence-corrected chi connectivity index (χ4v) is 12.3. The fraction of sp³-hybridized carbons (Fsp3) is 0. The number of hydrogen-bond donors (Lipinski definition) is 0. The van der Waals surface area contributed by atoms with E-state index in [4.69, 9.17) is 0 Å². The van der Waals surface area contributed by atoms with Crippen molar-refractivity contribution in [1.82, 2.24) is 0 Å². The van der Waals surface area contributed by atoms with E-state index in [9.17, 15) is 0 Å².